The third-order valence-electron chi connectivity index (χ3n) is 10.1. The number of hydrogen-bond acceptors (Lipinski definition) is 9. The molecule has 1 saturated heterocycles. The molecular weight excluding hydrogens is 769 g/mol. The Labute approximate surface area is 320 Å². The normalized spacial score (nSPS) is 17.3. The Morgan fingerprint density at radius 3 is 2.56 bits per heavy atom. The lowest BCUT2D eigenvalue weighted by Gasteiger charge is -2.45. The summed E-state index contributed by atoms with van der Waals surface area (Å²) in [6, 6.07) is 6.92. The zero-order chi connectivity index (χ0) is 38.6. The lowest BCUT2D eigenvalue weighted by Crippen LogP contribution is -2.48. The predicted octanol–water partition coefficient (Wildman–Crippen LogP) is 8.50. The smallest absolute Gasteiger partial charge is 0.417 e. The number of alkyl halides is 3. The van der Waals surface area contributed by atoms with Crippen molar-refractivity contribution in [1.29, 1.82) is 0 Å². The van der Waals surface area contributed by atoms with Crippen LogP contribution in [-0.4, -0.2) is 71.9 Å². The lowest BCUT2D eigenvalue weighted by atomic mass is 9.85. The minimum Gasteiger partial charge on any atom is -0.489 e. The molecule has 0 aliphatic carbocycles. The van der Waals surface area contributed by atoms with E-state index in [2.05, 4.69) is 60.2 Å². The Morgan fingerprint density at radius 1 is 1.04 bits per heavy atom. The average molecular weight is 816 g/mol. The number of halogens is 4. The molecule has 11 nitrogen and oxygen atoms in total. The van der Waals surface area contributed by atoms with Crippen molar-refractivity contribution in [3.63, 3.8) is 0 Å². The van der Waals surface area contributed by atoms with Gasteiger partial charge in [-0.25, -0.2) is 14.6 Å². The van der Waals surface area contributed by atoms with Crippen LogP contribution in [0.25, 0.3) is 11.0 Å². The number of benzene rings is 2. The monoisotopic (exact) mass is 814 g/mol. The quantitative estimate of drug-likeness (QED) is 0.107. The van der Waals surface area contributed by atoms with Crippen molar-refractivity contribution in [3.8, 4) is 5.75 Å². The summed E-state index contributed by atoms with van der Waals surface area (Å²) < 4.78 is 59.6. The molecule has 2 amide bonds. The molecule has 1 atom stereocenters. The minimum atomic E-state index is -4.65. The molecule has 2 aliphatic heterocycles. The van der Waals surface area contributed by atoms with Gasteiger partial charge in [0.15, 0.2) is 5.82 Å². The number of amides is 2. The summed E-state index contributed by atoms with van der Waals surface area (Å²) in [7, 11) is 0. The Balaban J connectivity index is 0.978. The Hall–Kier alpha value is -4.21. The van der Waals surface area contributed by atoms with Crippen molar-refractivity contribution in [2.75, 3.05) is 54.9 Å². The van der Waals surface area contributed by atoms with Crippen LogP contribution >= 0.6 is 15.9 Å². The highest BCUT2D eigenvalue weighted by molar-refractivity contribution is 9.10. The van der Waals surface area contributed by atoms with Gasteiger partial charge in [0.25, 0.3) is 0 Å². The summed E-state index contributed by atoms with van der Waals surface area (Å²) in [5.41, 5.74) is 1.70. The number of anilines is 3. The van der Waals surface area contributed by atoms with Crippen molar-refractivity contribution < 1.29 is 31.9 Å². The van der Waals surface area contributed by atoms with Gasteiger partial charge in [-0.05, 0) is 89.2 Å². The lowest BCUT2D eigenvalue weighted by molar-refractivity contribution is -0.136. The second-order valence-corrected chi connectivity index (χ2v) is 15.5. The van der Waals surface area contributed by atoms with Crippen LogP contribution in [0.2, 0.25) is 0 Å². The predicted molar refractivity (Wildman–Crippen MR) is 206 cm³/mol. The third kappa shape index (κ3) is 9.71. The van der Waals surface area contributed by atoms with Gasteiger partial charge < -0.3 is 24.1 Å². The van der Waals surface area contributed by atoms with Crippen LogP contribution in [0.15, 0.2) is 56.4 Å². The van der Waals surface area contributed by atoms with E-state index in [9.17, 15) is 22.8 Å². The highest BCUT2D eigenvalue weighted by Gasteiger charge is 2.37. The van der Waals surface area contributed by atoms with Crippen LogP contribution in [-0.2, 0) is 17.3 Å². The number of carbonyl (C=O) groups excluding carboxylic acids is 1. The van der Waals surface area contributed by atoms with E-state index < -0.39 is 23.4 Å². The van der Waals surface area contributed by atoms with E-state index in [1.165, 1.54) is 6.20 Å². The van der Waals surface area contributed by atoms with Gasteiger partial charge in [0.05, 0.1) is 35.9 Å². The second-order valence-electron chi connectivity index (χ2n) is 14.7. The summed E-state index contributed by atoms with van der Waals surface area (Å²) >= 11 is 3.54. The zero-order valence-corrected chi connectivity index (χ0v) is 32.5. The topological polar surface area (TPSA) is 122 Å². The van der Waals surface area contributed by atoms with Crippen molar-refractivity contribution in [1.82, 2.24) is 14.9 Å². The molecule has 4 heterocycles. The summed E-state index contributed by atoms with van der Waals surface area (Å²) in [6.45, 7) is 12.2. The van der Waals surface area contributed by atoms with Gasteiger partial charge in [-0.1, -0.05) is 28.8 Å². The molecule has 0 spiro atoms. The molecule has 2 aromatic carbocycles. The molecule has 290 valence electrons. The number of morpholine rings is 1. The fourth-order valence-electron chi connectivity index (χ4n) is 7.08. The second kappa shape index (κ2) is 16.7. The number of urea groups is 1. The molecule has 2 aliphatic rings. The van der Waals surface area contributed by atoms with E-state index >= 15 is 0 Å². The number of nitrogens with zero attached hydrogens (tertiary/aromatic N) is 4. The molecule has 0 radical (unpaired) electrons. The maximum Gasteiger partial charge on any atom is 0.417 e. The van der Waals surface area contributed by atoms with Crippen LogP contribution in [0.3, 0.4) is 0 Å². The summed E-state index contributed by atoms with van der Waals surface area (Å²) in [4.78, 5) is 37.7. The van der Waals surface area contributed by atoms with E-state index in [1.54, 1.807) is 24.4 Å². The van der Waals surface area contributed by atoms with E-state index in [0.717, 1.165) is 85.3 Å². The van der Waals surface area contributed by atoms with Gasteiger partial charge in [-0.3, -0.25) is 15.2 Å². The molecule has 15 heteroatoms. The Morgan fingerprint density at radius 2 is 1.81 bits per heavy atom. The summed E-state index contributed by atoms with van der Waals surface area (Å²) in [5.74, 6) is 0.865. The summed E-state index contributed by atoms with van der Waals surface area (Å²) in [5, 5.41) is 5.46. The fourth-order valence-corrected chi connectivity index (χ4v) is 7.42. The van der Waals surface area contributed by atoms with Gasteiger partial charge in [0.1, 0.15) is 24.0 Å². The van der Waals surface area contributed by atoms with Crippen LogP contribution in [0.4, 0.5) is 35.2 Å². The number of ether oxygens (including phenoxy) is 2. The highest BCUT2D eigenvalue weighted by Crippen LogP contribution is 2.42. The maximum absolute atomic E-state index is 13.7. The van der Waals surface area contributed by atoms with Crippen LogP contribution < -0.4 is 25.9 Å². The Kier molecular flexibility index (Phi) is 12.2. The zero-order valence-electron chi connectivity index (χ0n) is 30.9. The molecule has 2 aromatic heterocycles. The number of carbonyl (C=O) groups is 1. The molecule has 0 bridgehead atoms. The molecule has 1 fully saturated rings. The van der Waals surface area contributed by atoms with Crippen LogP contribution in [0.1, 0.15) is 68.3 Å². The van der Waals surface area contributed by atoms with Crippen molar-refractivity contribution >= 4 is 50.1 Å². The van der Waals surface area contributed by atoms with Crippen molar-refractivity contribution in [2.45, 2.75) is 84.0 Å². The number of rotatable bonds is 12. The molecule has 0 unspecified atom stereocenters. The molecule has 4 aromatic rings. The highest BCUT2D eigenvalue weighted by atomic mass is 79.9. The van der Waals surface area contributed by atoms with E-state index in [1.807, 2.05) is 19.9 Å². The molecule has 2 N–H and O–H groups in total. The Bertz CT molecular complexity index is 2020. The van der Waals surface area contributed by atoms with E-state index in [-0.39, 0.29) is 22.6 Å². The van der Waals surface area contributed by atoms with Crippen LogP contribution in [0.5, 0.6) is 5.75 Å². The number of fused-ring (bicyclic) bond motifs is 2. The van der Waals surface area contributed by atoms with E-state index in [4.69, 9.17) is 13.9 Å². The molecular formula is C39H46BrF3N6O5. The third-order valence-corrected chi connectivity index (χ3v) is 10.9. The standard InChI is InChI=1S/C39H46BrF3N6O5/c1-24-15-34(31(18-30(24)40)46-37(51)47-35-21-44-25(2)20-45-35)53-23-27-22-48(13-14-52-27)11-7-5-6-8-12-49-32-19-33-28(16-26(32)9-10-38(49,3)4)29(39(41,42)43)17-36(50)54-33/h15-21,27H,5-14,22-23H2,1-4H3,(H2,45,46,47,51)/t27-/m0/s1. The van der Waals surface area contributed by atoms with Gasteiger partial charge >= 0.3 is 17.8 Å². The number of aromatic nitrogens is 2. The average Bonchev–Trinajstić information content (AvgIpc) is 3.11. The number of nitrogens with one attached hydrogen (secondary N) is 2. The van der Waals surface area contributed by atoms with Gasteiger partial charge in [0, 0.05) is 52.9 Å². The van der Waals surface area contributed by atoms with Gasteiger partial charge in [-0.2, -0.15) is 13.2 Å². The molecule has 54 heavy (non-hydrogen) atoms. The van der Waals surface area contributed by atoms with E-state index in [0.29, 0.717) is 43.0 Å². The summed E-state index contributed by atoms with van der Waals surface area (Å²) in [6.07, 6.45) is 3.72. The van der Waals surface area contributed by atoms with Crippen molar-refractivity contribution in [2.24, 2.45) is 0 Å². The first-order valence-electron chi connectivity index (χ1n) is 18.3. The molecule has 0 saturated carbocycles. The number of hydrogen-bond donors (Lipinski definition) is 2. The SMILES string of the molecule is Cc1cnc(NC(=O)Nc2cc(Br)c(C)cc2OC[C@@H]2CN(CCCCCCN3c4cc5oc(=O)cc(C(F)(F)F)c5cc4CCC3(C)C)CCO2)cn1. The largest absolute Gasteiger partial charge is 0.489 e. The molecule has 6 rings (SSSR count). The van der Waals surface area contributed by atoms with Gasteiger partial charge in [0.2, 0.25) is 0 Å². The van der Waals surface area contributed by atoms with Crippen molar-refractivity contribution in [3.05, 3.63) is 80.0 Å². The fraction of sp³-hybridized carbons (Fsp3) is 0.487. The minimum absolute atomic E-state index is 0.0356. The first-order valence-corrected chi connectivity index (χ1v) is 19.0. The van der Waals surface area contributed by atoms with Gasteiger partial charge in [-0.15, -0.1) is 0 Å². The first kappa shape index (κ1) is 39.5. The number of unbranched alkanes of at least 4 members (excludes halogenated alkanes) is 3. The maximum atomic E-state index is 13.7. The number of aryl methyl sites for hydroxylation is 3. The first-order chi connectivity index (χ1) is 25.7. The van der Waals surface area contributed by atoms with Crippen LogP contribution in [0, 0.1) is 13.8 Å².